The van der Waals surface area contributed by atoms with Gasteiger partial charge in [-0.15, -0.1) is 0 Å². The fourth-order valence-corrected chi connectivity index (χ4v) is 2.56. The van der Waals surface area contributed by atoms with Gasteiger partial charge in [-0.3, -0.25) is 9.59 Å². The zero-order valence-corrected chi connectivity index (χ0v) is 14.4. The van der Waals surface area contributed by atoms with Crippen molar-refractivity contribution >= 4 is 17.5 Å². The number of likely N-dealkylation sites (N-methyl/N-ethyl adjacent to an activating group) is 1. The Labute approximate surface area is 142 Å². The summed E-state index contributed by atoms with van der Waals surface area (Å²) in [4.78, 5) is 25.6. The van der Waals surface area contributed by atoms with Crippen molar-refractivity contribution in [1.29, 1.82) is 5.26 Å². The van der Waals surface area contributed by atoms with E-state index in [1.54, 1.807) is 21.0 Å². The number of anilines is 1. The minimum absolute atomic E-state index is 0.000472. The number of nitriles is 1. The highest BCUT2D eigenvalue weighted by atomic mass is 16.2. The van der Waals surface area contributed by atoms with Crippen LogP contribution in [0.5, 0.6) is 0 Å². The molecule has 0 unspecified atom stereocenters. The highest BCUT2D eigenvalue weighted by molar-refractivity contribution is 5.83. The predicted molar refractivity (Wildman–Crippen MR) is 92.2 cm³/mol. The van der Waals surface area contributed by atoms with Crippen molar-refractivity contribution in [3.05, 3.63) is 29.8 Å². The van der Waals surface area contributed by atoms with Crippen molar-refractivity contribution in [2.75, 3.05) is 26.0 Å². The standard InChI is InChI=1S/C18H24N4O2/c1-18(12-19,14-8-9-14)21-16(23)11-20-15-7-5-4-6-13(15)10-17(24)22(2)3/h4-7,14,20H,8-11H2,1-3H3,(H,21,23)/t18-/m0/s1. The second-order valence-electron chi connectivity index (χ2n) is 6.61. The molecule has 2 amide bonds. The molecule has 0 spiro atoms. The Kier molecular flexibility index (Phi) is 5.45. The van der Waals surface area contributed by atoms with E-state index in [4.69, 9.17) is 0 Å². The summed E-state index contributed by atoms with van der Waals surface area (Å²) in [5, 5.41) is 15.2. The Morgan fingerprint density at radius 2 is 2.00 bits per heavy atom. The van der Waals surface area contributed by atoms with Gasteiger partial charge in [-0.05, 0) is 37.3 Å². The first-order valence-corrected chi connectivity index (χ1v) is 8.10. The lowest BCUT2D eigenvalue weighted by Crippen LogP contribution is -2.48. The van der Waals surface area contributed by atoms with Crippen LogP contribution in [0.1, 0.15) is 25.3 Å². The van der Waals surface area contributed by atoms with Crippen molar-refractivity contribution in [3.8, 4) is 6.07 Å². The number of benzene rings is 1. The van der Waals surface area contributed by atoms with E-state index in [2.05, 4.69) is 16.7 Å². The lowest BCUT2D eigenvalue weighted by atomic mass is 9.98. The molecule has 1 aliphatic rings. The van der Waals surface area contributed by atoms with Crippen molar-refractivity contribution in [2.24, 2.45) is 5.92 Å². The molecule has 24 heavy (non-hydrogen) atoms. The van der Waals surface area contributed by atoms with Gasteiger partial charge < -0.3 is 15.5 Å². The van der Waals surface area contributed by atoms with Gasteiger partial charge in [0.1, 0.15) is 5.54 Å². The number of hydrogen-bond donors (Lipinski definition) is 2. The maximum atomic E-state index is 12.2. The summed E-state index contributed by atoms with van der Waals surface area (Å²) in [7, 11) is 3.43. The maximum absolute atomic E-state index is 12.2. The van der Waals surface area contributed by atoms with Crippen LogP contribution in [0.15, 0.2) is 24.3 Å². The number of para-hydroxylation sites is 1. The van der Waals surface area contributed by atoms with Gasteiger partial charge in [0.25, 0.3) is 0 Å². The van der Waals surface area contributed by atoms with E-state index in [-0.39, 0.29) is 30.7 Å². The van der Waals surface area contributed by atoms with Crippen LogP contribution in [0.3, 0.4) is 0 Å². The number of carbonyl (C=O) groups excluding carboxylic acids is 2. The fraction of sp³-hybridized carbons (Fsp3) is 0.500. The normalized spacial score (nSPS) is 15.8. The Morgan fingerprint density at radius 1 is 1.33 bits per heavy atom. The van der Waals surface area contributed by atoms with Crippen LogP contribution in [0.2, 0.25) is 0 Å². The van der Waals surface area contributed by atoms with Gasteiger partial charge in [0, 0.05) is 19.8 Å². The molecule has 6 nitrogen and oxygen atoms in total. The SMILES string of the molecule is CN(C)C(=O)Cc1ccccc1NCC(=O)N[C@@](C)(C#N)C1CC1. The number of hydrogen-bond acceptors (Lipinski definition) is 4. The van der Waals surface area contributed by atoms with Crippen molar-refractivity contribution in [2.45, 2.75) is 31.7 Å². The number of amides is 2. The van der Waals surface area contributed by atoms with Gasteiger partial charge in [0.15, 0.2) is 0 Å². The quantitative estimate of drug-likeness (QED) is 0.795. The molecule has 2 N–H and O–H groups in total. The first-order valence-electron chi connectivity index (χ1n) is 8.10. The monoisotopic (exact) mass is 328 g/mol. The topological polar surface area (TPSA) is 85.2 Å². The molecule has 0 radical (unpaired) electrons. The van der Waals surface area contributed by atoms with Crippen LogP contribution < -0.4 is 10.6 Å². The smallest absolute Gasteiger partial charge is 0.240 e. The predicted octanol–water partition coefficient (Wildman–Crippen LogP) is 1.54. The Morgan fingerprint density at radius 3 is 2.58 bits per heavy atom. The molecule has 128 valence electrons. The molecule has 1 saturated carbocycles. The largest absolute Gasteiger partial charge is 0.376 e. The van der Waals surface area contributed by atoms with E-state index < -0.39 is 5.54 Å². The summed E-state index contributed by atoms with van der Waals surface area (Å²) in [5.41, 5.74) is 0.807. The van der Waals surface area contributed by atoms with Crippen molar-refractivity contribution in [1.82, 2.24) is 10.2 Å². The highest BCUT2D eigenvalue weighted by Crippen LogP contribution is 2.39. The third-order valence-corrected chi connectivity index (χ3v) is 4.32. The second-order valence-corrected chi connectivity index (χ2v) is 6.61. The summed E-state index contributed by atoms with van der Waals surface area (Å²) in [6, 6.07) is 9.64. The molecule has 1 aliphatic carbocycles. The highest BCUT2D eigenvalue weighted by Gasteiger charge is 2.42. The van der Waals surface area contributed by atoms with Gasteiger partial charge in [0.2, 0.25) is 11.8 Å². The molecule has 1 fully saturated rings. The Hall–Kier alpha value is -2.55. The van der Waals surface area contributed by atoms with Crippen LogP contribution in [0.4, 0.5) is 5.69 Å². The lowest BCUT2D eigenvalue weighted by Gasteiger charge is -2.23. The Bertz CT molecular complexity index is 661. The van der Waals surface area contributed by atoms with E-state index in [1.807, 2.05) is 24.3 Å². The molecule has 0 heterocycles. The molecule has 1 atom stereocenters. The first-order chi connectivity index (χ1) is 11.4. The van der Waals surface area contributed by atoms with E-state index >= 15 is 0 Å². The molecule has 6 heteroatoms. The molecule has 1 aromatic carbocycles. The molecule has 1 aromatic rings. The van der Waals surface area contributed by atoms with Gasteiger partial charge in [-0.2, -0.15) is 5.26 Å². The number of nitrogens with one attached hydrogen (secondary N) is 2. The summed E-state index contributed by atoms with van der Waals surface area (Å²) in [6.45, 7) is 1.84. The molecule has 0 aliphatic heterocycles. The first kappa shape index (κ1) is 17.8. The summed E-state index contributed by atoms with van der Waals surface area (Å²) in [6.07, 6.45) is 2.23. The number of rotatable bonds is 7. The number of carbonyl (C=O) groups is 2. The van der Waals surface area contributed by atoms with Crippen molar-refractivity contribution in [3.63, 3.8) is 0 Å². The molecule has 0 saturated heterocycles. The van der Waals surface area contributed by atoms with E-state index in [9.17, 15) is 14.9 Å². The number of nitrogens with zero attached hydrogens (tertiary/aromatic N) is 2. The van der Waals surface area contributed by atoms with Gasteiger partial charge >= 0.3 is 0 Å². The van der Waals surface area contributed by atoms with Crippen LogP contribution in [-0.4, -0.2) is 42.9 Å². The molecular weight excluding hydrogens is 304 g/mol. The fourth-order valence-electron chi connectivity index (χ4n) is 2.56. The average Bonchev–Trinajstić information content (AvgIpc) is 3.39. The van der Waals surface area contributed by atoms with Gasteiger partial charge in [0.05, 0.1) is 19.0 Å². The molecule has 0 bridgehead atoms. The van der Waals surface area contributed by atoms with Crippen LogP contribution in [0.25, 0.3) is 0 Å². The summed E-state index contributed by atoms with van der Waals surface area (Å²) >= 11 is 0. The minimum atomic E-state index is -0.792. The second kappa shape index (κ2) is 7.35. The molecular formula is C18H24N4O2. The third-order valence-electron chi connectivity index (χ3n) is 4.32. The van der Waals surface area contributed by atoms with E-state index in [0.29, 0.717) is 0 Å². The maximum Gasteiger partial charge on any atom is 0.240 e. The third kappa shape index (κ3) is 4.48. The molecule has 2 rings (SSSR count). The molecule has 0 aromatic heterocycles. The lowest BCUT2D eigenvalue weighted by molar-refractivity contribution is -0.128. The van der Waals surface area contributed by atoms with Crippen molar-refractivity contribution < 1.29 is 9.59 Å². The summed E-state index contributed by atoms with van der Waals surface area (Å²) < 4.78 is 0. The summed E-state index contributed by atoms with van der Waals surface area (Å²) in [5.74, 6) is 0.0237. The zero-order valence-electron chi connectivity index (χ0n) is 14.4. The van der Waals surface area contributed by atoms with Gasteiger partial charge in [-0.25, -0.2) is 0 Å². The minimum Gasteiger partial charge on any atom is -0.376 e. The van der Waals surface area contributed by atoms with Gasteiger partial charge in [-0.1, -0.05) is 18.2 Å². The Balaban J connectivity index is 1.95. The van der Waals surface area contributed by atoms with Crippen LogP contribution in [0, 0.1) is 17.2 Å². The average molecular weight is 328 g/mol. The zero-order chi connectivity index (χ0) is 17.7. The van der Waals surface area contributed by atoms with Crippen LogP contribution in [-0.2, 0) is 16.0 Å². The van der Waals surface area contributed by atoms with E-state index in [1.165, 1.54) is 4.90 Å². The van der Waals surface area contributed by atoms with Crippen LogP contribution >= 0.6 is 0 Å². The van der Waals surface area contributed by atoms with E-state index in [0.717, 1.165) is 24.1 Å².